The van der Waals surface area contributed by atoms with Gasteiger partial charge in [-0.05, 0) is 75.5 Å². The summed E-state index contributed by atoms with van der Waals surface area (Å²) >= 11 is 0. The van der Waals surface area contributed by atoms with Crippen molar-refractivity contribution in [2.45, 2.75) is 47.1 Å². The number of hydrogen-bond acceptors (Lipinski definition) is 5. The summed E-state index contributed by atoms with van der Waals surface area (Å²) in [6, 6.07) is 7.67. The van der Waals surface area contributed by atoms with E-state index in [9.17, 15) is 9.59 Å². The number of likely N-dealkylation sites (tertiary alicyclic amines) is 1. The van der Waals surface area contributed by atoms with Crippen LogP contribution < -0.4 is 10.1 Å². The minimum atomic E-state index is -0.0408. The van der Waals surface area contributed by atoms with Crippen LogP contribution in [0.3, 0.4) is 0 Å². The average molecular weight is 481 g/mol. The maximum atomic E-state index is 13.2. The molecule has 3 rings (SSSR count). The van der Waals surface area contributed by atoms with Crippen LogP contribution in [-0.4, -0.2) is 66.9 Å². The fourth-order valence-corrected chi connectivity index (χ4v) is 4.85. The molecule has 2 amide bonds. The molecule has 0 aliphatic carbocycles. The lowest BCUT2D eigenvalue weighted by molar-refractivity contribution is -0.126. The molecule has 35 heavy (non-hydrogen) atoms. The van der Waals surface area contributed by atoms with E-state index in [1.807, 2.05) is 57.1 Å². The molecule has 1 aromatic carbocycles. The van der Waals surface area contributed by atoms with Gasteiger partial charge in [-0.2, -0.15) is 0 Å². The fraction of sp³-hybridized carbons (Fsp3) is 0.536. The van der Waals surface area contributed by atoms with Crippen LogP contribution >= 0.6 is 0 Å². The summed E-state index contributed by atoms with van der Waals surface area (Å²) in [6.45, 7) is 11.4. The van der Waals surface area contributed by atoms with Crippen molar-refractivity contribution in [2.75, 3.05) is 40.3 Å². The predicted molar refractivity (Wildman–Crippen MR) is 138 cm³/mol. The quantitative estimate of drug-likeness (QED) is 0.590. The Morgan fingerprint density at radius 2 is 1.83 bits per heavy atom. The molecule has 0 saturated carbocycles. The zero-order valence-corrected chi connectivity index (χ0v) is 22.1. The first-order valence-corrected chi connectivity index (χ1v) is 12.4. The van der Waals surface area contributed by atoms with Gasteiger partial charge in [-0.15, -0.1) is 0 Å². The highest BCUT2D eigenvalue weighted by molar-refractivity contribution is 5.95. The molecule has 2 heterocycles. The summed E-state index contributed by atoms with van der Waals surface area (Å²) in [6.07, 6.45) is 4.91. The maximum Gasteiger partial charge on any atom is 0.253 e. The Morgan fingerprint density at radius 1 is 1.17 bits per heavy atom. The van der Waals surface area contributed by atoms with Gasteiger partial charge in [0.1, 0.15) is 12.4 Å². The number of aryl methyl sites for hydroxylation is 2. The number of amides is 2. The van der Waals surface area contributed by atoms with E-state index in [4.69, 9.17) is 4.74 Å². The maximum absolute atomic E-state index is 13.2. The van der Waals surface area contributed by atoms with Gasteiger partial charge in [0.25, 0.3) is 5.91 Å². The van der Waals surface area contributed by atoms with Crippen molar-refractivity contribution in [3.05, 3.63) is 58.9 Å². The molecule has 1 aliphatic heterocycles. The number of hydrogen-bond donors (Lipinski definition) is 1. The van der Waals surface area contributed by atoms with Crippen LogP contribution in [0.1, 0.15) is 53.7 Å². The zero-order chi connectivity index (χ0) is 25.6. The van der Waals surface area contributed by atoms with Crippen molar-refractivity contribution >= 4 is 11.8 Å². The van der Waals surface area contributed by atoms with Gasteiger partial charge in [0, 0.05) is 55.6 Å². The highest BCUT2D eigenvalue weighted by atomic mass is 16.5. The number of aromatic nitrogens is 1. The van der Waals surface area contributed by atoms with Gasteiger partial charge in [-0.1, -0.05) is 19.9 Å². The van der Waals surface area contributed by atoms with E-state index >= 15 is 0 Å². The van der Waals surface area contributed by atoms with E-state index < -0.39 is 0 Å². The van der Waals surface area contributed by atoms with Gasteiger partial charge in [0.2, 0.25) is 5.91 Å². The first-order chi connectivity index (χ1) is 16.6. The Morgan fingerprint density at radius 3 is 2.40 bits per heavy atom. The lowest BCUT2D eigenvalue weighted by atomic mass is 9.91. The second-order valence-corrected chi connectivity index (χ2v) is 10.8. The summed E-state index contributed by atoms with van der Waals surface area (Å²) in [7, 11) is 4.09. The molecular formula is C28H40N4O3. The van der Waals surface area contributed by atoms with Crippen LogP contribution in [-0.2, 0) is 11.4 Å². The number of carbonyl (C=O) groups excluding carboxylic acids is 2. The Kier molecular flexibility index (Phi) is 8.89. The van der Waals surface area contributed by atoms with Crippen molar-refractivity contribution in [3.8, 4) is 5.75 Å². The minimum Gasteiger partial charge on any atom is -0.488 e. The molecule has 1 N–H and O–H groups in total. The van der Waals surface area contributed by atoms with E-state index in [0.717, 1.165) is 29.0 Å². The van der Waals surface area contributed by atoms with E-state index in [2.05, 4.69) is 29.0 Å². The molecule has 0 radical (unpaired) electrons. The SMILES string of the molecule is Cc1cc(C(=O)N2CCC(C(=O)NCC(C)(C)CN(C)C)CC2)cc(C)c1OCc1cccnc1. The molecule has 2 aromatic rings. The molecule has 0 bridgehead atoms. The highest BCUT2D eigenvalue weighted by Crippen LogP contribution is 2.27. The van der Waals surface area contributed by atoms with E-state index in [0.29, 0.717) is 44.6 Å². The third-order valence-corrected chi connectivity index (χ3v) is 6.45. The van der Waals surface area contributed by atoms with E-state index in [-0.39, 0.29) is 23.1 Å². The van der Waals surface area contributed by atoms with Crippen LogP contribution in [0.2, 0.25) is 0 Å². The van der Waals surface area contributed by atoms with Crippen LogP contribution in [0.5, 0.6) is 5.75 Å². The van der Waals surface area contributed by atoms with Crippen molar-refractivity contribution < 1.29 is 14.3 Å². The van der Waals surface area contributed by atoms with Crippen LogP contribution in [0.15, 0.2) is 36.7 Å². The lowest BCUT2D eigenvalue weighted by Crippen LogP contribution is -2.46. The fourth-order valence-electron chi connectivity index (χ4n) is 4.85. The number of piperidine rings is 1. The van der Waals surface area contributed by atoms with Gasteiger partial charge in [0.05, 0.1) is 0 Å². The molecule has 1 fully saturated rings. The Bertz CT molecular complexity index is 989. The van der Waals surface area contributed by atoms with Crippen molar-refractivity contribution in [1.82, 2.24) is 20.1 Å². The first kappa shape index (κ1) is 26.7. The highest BCUT2D eigenvalue weighted by Gasteiger charge is 2.29. The van der Waals surface area contributed by atoms with Gasteiger partial charge in [-0.3, -0.25) is 14.6 Å². The van der Waals surface area contributed by atoms with Crippen molar-refractivity contribution in [2.24, 2.45) is 11.3 Å². The van der Waals surface area contributed by atoms with Crippen LogP contribution in [0.25, 0.3) is 0 Å². The van der Waals surface area contributed by atoms with Gasteiger partial charge >= 0.3 is 0 Å². The zero-order valence-electron chi connectivity index (χ0n) is 22.1. The molecule has 190 valence electrons. The second-order valence-electron chi connectivity index (χ2n) is 10.8. The normalized spacial score (nSPS) is 14.8. The minimum absolute atomic E-state index is 0.0133. The summed E-state index contributed by atoms with van der Waals surface area (Å²) in [5.74, 6) is 0.880. The largest absolute Gasteiger partial charge is 0.488 e. The third-order valence-electron chi connectivity index (χ3n) is 6.45. The number of carbonyl (C=O) groups is 2. The number of pyridine rings is 1. The van der Waals surface area contributed by atoms with Gasteiger partial charge < -0.3 is 19.9 Å². The Labute approximate surface area is 209 Å². The summed E-state index contributed by atoms with van der Waals surface area (Å²) in [5.41, 5.74) is 3.56. The number of benzene rings is 1. The van der Waals surface area contributed by atoms with Gasteiger partial charge in [0.15, 0.2) is 0 Å². The molecule has 1 saturated heterocycles. The van der Waals surface area contributed by atoms with Crippen LogP contribution in [0.4, 0.5) is 0 Å². The lowest BCUT2D eigenvalue weighted by Gasteiger charge is -2.33. The number of nitrogens with zero attached hydrogens (tertiary/aromatic N) is 3. The smallest absolute Gasteiger partial charge is 0.253 e. The first-order valence-electron chi connectivity index (χ1n) is 12.4. The molecule has 0 unspecified atom stereocenters. The van der Waals surface area contributed by atoms with Crippen molar-refractivity contribution in [3.63, 3.8) is 0 Å². The number of rotatable bonds is 9. The Hall–Kier alpha value is -2.93. The average Bonchev–Trinajstić information content (AvgIpc) is 2.81. The number of nitrogens with one attached hydrogen (secondary N) is 1. The molecule has 7 nitrogen and oxygen atoms in total. The summed E-state index contributed by atoms with van der Waals surface area (Å²) < 4.78 is 6.03. The molecular weight excluding hydrogens is 440 g/mol. The summed E-state index contributed by atoms with van der Waals surface area (Å²) in [5, 5.41) is 3.13. The monoisotopic (exact) mass is 480 g/mol. The van der Waals surface area contributed by atoms with E-state index in [1.165, 1.54) is 0 Å². The Balaban J connectivity index is 1.54. The second kappa shape index (κ2) is 11.7. The topological polar surface area (TPSA) is 74.8 Å². The third kappa shape index (κ3) is 7.52. The molecule has 1 aromatic heterocycles. The standard InChI is InChI=1S/C28H40N4O3/c1-20-14-24(15-21(2)25(20)35-17-22-8-7-11-29-16-22)27(34)32-12-9-23(10-13-32)26(33)30-18-28(3,4)19-31(5)6/h7-8,11,14-16,23H,9-10,12-13,17-19H2,1-6H3,(H,30,33). The van der Waals surface area contributed by atoms with E-state index in [1.54, 1.807) is 12.4 Å². The molecule has 0 atom stereocenters. The van der Waals surface area contributed by atoms with Gasteiger partial charge in [-0.25, -0.2) is 0 Å². The molecule has 1 aliphatic rings. The molecule has 7 heteroatoms. The van der Waals surface area contributed by atoms with Crippen LogP contribution in [0, 0.1) is 25.2 Å². The van der Waals surface area contributed by atoms with Crippen molar-refractivity contribution in [1.29, 1.82) is 0 Å². The predicted octanol–water partition coefficient (Wildman–Crippen LogP) is 3.83. The summed E-state index contributed by atoms with van der Waals surface area (Å²) in [4.78, 5) is 34.0. The number of ether oxygens (including phenoxy) is 1. The molecule has 0 spiro atoms.